The average Bonchev–Trinajstić information content (AvgIpc) is 3.22. The number of nitrogens with zero attached hydrogens (tertiary/aromatic N) is 4. The maximum absolute atomic E-state index is 10.6. The lowest BCUT2D eigenvalue weighted by Gasteiger charge is -2.34. The van der Waals surface area contributed by atoms with Crippen molar-refractivity contribution in [2.75, 3.05) is 29.9 Å². The molecule has 5 nitrogen and oxygen atoms in total. The topological polar surface area (TPSA) is 48.8 Å². The molecule has 2 heterocycles. The van der Waals surface area contributed by atoms with Crippen LogP contribution >= 0.6 is 23.1 Å². The standard InChI is InChI=1S/C26H29ClN4OS/c1-18(12-15-32)28-19(2)30(3)21-8-9-25(23(27)17-21)31-13-10-20(11-14-31)16-24-22-6-4-5-7-26(22)33-29-24/h4-9,12,15,17,20H,10-11,13-14,16H2,1-3H3/b18-12-,28-19-. The molecule has 1 saturated heterocycles. The number of allylic oxidation sites excluding steroid dienone is 2. The molecule has 0 radical (unpaired) electrons. The summed E-state index contributed by atoms with van der Waals surface area (Å²) in [5.74, 6) is 1.45. The van der Waals surface area contributed by atoms with Gasteiger partial charge in [0, 0.05) is 36.9 Å². The fourth-order valence-corrected chi connectivity index (χ4v) is 5.45. The Bertz CT molecular complexity index is 1190. The summed E-state index contributed by atoms with van der Waals surface area (Å²) in [7, 11) is 1.95. The summed E-state index contributed by atoms with van der Waals surface area (Å²) in [5, 5.41) is 2.06. The Balaban J connectivity index is 1.39. The molecule has 0 aliphatic carbocycles. The van der Waals surface area contributed by atoms with E-state index in [1.165, 1.54) is 21.9 Å². The third kappa shape index (κ3) is 5.45. The molecule has 172 valence electrons. The molecule has 1 aromatic heterocycles. The van der Waals surface area contributed by atoms with Crippen molar-refractivity contribution in [3.63, 3.8) is 0 Å². The molecule has 1 aliphatic rings. The van der Waals surface area contributed by atoms with Gasteiger partial charge in [0.25, 0.3) is 0 Å². The molecule has 1 fully saturated rings. The molecule has 4 rings (SSSR count). The minimum Gasteiger partial charge on any atom is -0.370 e. The van der Waals surface area contributed by atoms with Crippen LogP contribution in [0, 0.1) is 5.92 Å². The molecule has 0 amide bonds. The van der Waals surface area contributed by atoms with Crippen LogP contribution < -0.4 is 9.80 Å². The normalized spacial score (nSPS) is 15.8. The van der Waals surface area contributed by atoms with Gasteiger partial charge < -0.3 is 9.80 Å². The van der Waals surface area contributed by atoms with E-state index in [-0.39, 0.29) is 0 Å². The van der Waals surface area contributed by atoms with E-state index in [2.05, 4.69) is 46.3 Å². The van der Waals surface area contributed by atoms with Gasteiger partial charge in [-0.05, 0) is 80.9 Å². The number of aromatic nitrogens is 1. The van der Waals surface area contributed by atoms with Crippen molar-refractivity contribution >= 4 is 56.7 Å². The van der Waals surface area contributed by atoms with Crippen molar-refractivity contribution in [3.05, 3.63) is 65.0 Å². The maximum Gasteiger partial charge on any atom is 0.144 e. The predicted molar refractivity (Wildman–Crippen MR) is 141 cm³/mol. The summed E-state index contributed by atoms with van der Waals surface area (Å²) in [6.45, 7) is 5.72. The summed E-state index contributed by atoms with van der Waals surface area (Å²) in [6.07, 6.45) is 5.52. The van der Waals surface area contributed by atoms with Gasteiger partial charge in [0.1, 0.15) is 12.1 Å². The molecule has 0 unspecified atom stereocenters. The number of halogens is 1. The van der Waals surface area contributed by atoms with Crippen LogP contribution in [0.3, 0.4) is 0 Å². The summed E-state index contributed by atoms with van der Waals surface area (Å²) >= 11 is 8.31. The van der Waals surface area contributed by atoms with E-state index < -0.39 is 0 Å². The lowest BCUT2D eigenvalue weighted by molar-refractivity contribution is -0.104. The first-order valence-corrected chi connectivity index (χ1v) is 12.4. The molecule has 2 aromatic carbocycles. The molecule has 3 aromatic rings. The van der Waals surface area contributed by atoms with Gasteiger partial charge in [0.15, 0.2) is 0 Å². The van der Waals surface area contributed by atoms with Gasteiger partial charge in [-0.2, -0.15) is 4.37 Å². The summed E-state index contributed by atoms with van der Waals surface area (Å²) in [6, 6.07) is 14.7. The van der Waals surface area contributed by atoms with Gasteiger partial charge >= 0.3 is 0 Å². The molecule has 0 bridgehead atoms. The molecule has 1 aliphatic heterocycles. The SMILES string of the molecule is CC(=C/C=O)/N=C(/C)N(C)c1ccc(N2CCC(Cc3nsc4ccccc34)CC2)c(Cl)c1. The zero-order valence-electron chi connectivity index (χ0n) is 19.3. The quantitative estimate of drug-likeness (QED) is 0.178. The van der Waals surface area contributed by atoms with E-state index in [1.807, 2.05) is 31.9 Å². The molecule has 0 N–H and O–H groups in total. The van der Waals surface area contributed by atoms with E-state index in [1.54, 1.807) is 11.5 Å². The van der Waals surface area contributed by atoms with Gasteiger partial charge in [0.05, 0.1) is 21.1 Å². The number of benzene rings is 2. The maximum atomic E-state index is 10.6. The fourth-order valence-electron chi connectivity index (χ4n) is 4.35. The Morgan fingerprint density at radius 3 is 2.73 bits per heavy atom. The van der Waals surface area contributed by atoms with Crippen molar-refractivity contribution in [1.29, 1.82) is 0 Å². The number of piperidine rings is 1. The molecular formula is C26H29ClN4OS. The van der Waals surface area contributed by atoms with Crippen LogP contribution in [0.4, 0.5) is 11.4 Å². The van der Waals surface area contributed by atoms with E-state index >= 15 is 0 Å². The largest absolute Gasteiger partial charge is 0.370 e. The molecule has 0 atom stereocenters. The van der Waals surface area contributed by atoms with Crippen LogP contribution in [0.2, 0.25) is 5.02 Å². The van der Waals surface area contributed by atoms with Gasteiger partial charge in [-0.3, -0.25) is 4.79 Å². The van der Waals surface area contributed by atoms with Crippen molar-refractivity contribution < 1.29 is 4.79 Å². The minimum atomic E-state index is 0.650. The Hall–Kier alpha value is -2.70. The van der Waals surface area contributed by atoms with Crippen molar-refractivity contribution in [2.45, 2.75) is 33.1 Å². The Morgan fingerprint density at radius 2 is 2.00 bits per heavy atom. The Kier molecular flexibility index (Phi) is 7.46. The van der Waals surface area contributed by atoms with E-state index in [9.17, 15) is 4.79 Å². The Labute approximate surface area is 204 Å². The smallest absolute Gasteiger partial charge is 0.144 e. The number of anilines is 2. The first-order valence-electron chi connectivity index (χ1n) is 11.2. The highest BCUT2D eigenvalue weighted by atomic mass is 35.5. The highest BCUT2D eigenvalue weighted by molar-refractivity contribution is 7.13. The second-order valence-electron chi connectivity index (χ2n) is 8.56. The average molecular weight is 481 g/mol. The predicted octanol–water partition coefficient (Wildman–Crippen LogP) is 6.37. The lowest BCUT2D eigenvalue weighted by Crippen LogP contribution is -2.34. The van der Waals surface area contributed by atoms with Crippen LogP contribution in [0.5, 0.6) is 0 Å². The summed E-state index contributed by atoms with van der Waals surface area (Å²) < 4.78 is 6.00. The van der Waals surface area contributed by atoms with E-state index in [4.69, 9.17) is 16.0 Å². The number of aliphatic imine (C=N–C) groups is 1. The molecule has 33 heavy (non-hydrogen) atoms. The number of fused-ring (bicyclic) bond motifs is 1. The molecule has 0 spiro atoms. The first kappa shape index (κ1) is 23.5. The van der Waals surface area contributed by atoms with Crippen molar-refractivity contribution in [1.82, 2.24) is 4.37 Å². The first-order chi connectivity index (χ1) is 16.0. The number of hydrogen-bond donors (Lipinski definition) is 0. The monoisotopic (exact) mass is 480 g/mol. The second kappa shape index (κ2) is 10.5. The lowest BCUT2D eigenvalue weighted by atomic mass is 9.91. The molecular weight excluding hydrogens is 452 g/mol. The van der Waals surface area contributed by atoms with Crippen molar-refractivity contribution in [3.8, 4) is 0 Å². The highest BCUT2D eigenvalue weighted by Gasteiger charge is 2.23. The van der Waals surface area contributed by atoms with E-state index in [0.717, 1.165) is 60.9 Å². The third-order valence-corrected chi connectivity index (χ3v) is 7.51. The van der Waals surface area contributed by atoms with Crippen molar-refractivity contribution in [2.24, 2.45) is 10.9 Å². The van der Waals surface area contributed by atoms with Gasteiger partial charge in [-0.15, -0.1) is 0 Å². The van der Waals surface area contributed by atoms with Gasteiger partial charge in [0.2, 0.25) is 0 Å². The number of amidine groups is 1. The number of rotatable bonds is 6. The number of carbonyl (C=O) groups is 1. The highest BCUT2D eigenvalue weighted by Crippen LogP contribution is 2.34. The van der Waals surface area contributed by atoms with Crippen LogP contribution in [0.15, 0.2) is 59.2 Å². The zero-order chi connectivity index (χ0) is 23.4. The molecule has 7 heteroatoms. The van der Waals surface area contributed by atoms with Gasteiger partial charge in [-0.25, -0.2) is 4.99 Å². The fraction of sp³-hybridized carbons (Fsp3) is 0.346. The second-order valence-corrected chi connectivity index (χ2v) is 9.77. The van der Waals surface area contributed by atoms with Crippen LogP contribution in [-0.2, 0) is 11.2 Å². The Morgan fingerprint density at radius 1 is 1.24 bits per heavy atom. The number of carbonyl (C=O) groups excluding carboxylic acids is 1. The van der Waals surface area contributed by atoms with Gasteiger partial charge in [-0.1, -0.05) is 29.8 Å². The third-order valence-electron chi connectivity index (χ3n) is 6.34. The van der Waals surface area contributed by atoms with Crippen LogP contribution in [-0.4, -0.2) is 36.6 Å². The van der Waals surface area contributed by atoms with Crippen LogP contribution in [0.1, 0.15) is 32.4 Å². The summed E-state index contributed by atoms with van der Waals surface area (Å²) in [4.78, 5) is 19.5. The van der Waals surface area contributed by atoms with Crippen LogP contribution in [0.25, 0.3) is 10.1 Å². The number of aldehydes is 1. The van der Waals surface area contributed by atoms with E-state index in [0.29, 0.717) is 11.6 Å². The zero-order valence-corrected chi connectivity index (χ0v) is 20.9. The minimum absolute atomic E-state index is 0.650. The molecule has 0 saturated carbocycles. The number of hydrogen-bond acceptors (Lipinski definition) is 5. The summed E-state index contributed by atoms with van der Waals surface area (Å²) in [5.41, 5.74) is 3.97.